The smallest absolute Gasteiger partial charge is 1.00 e. The summed E-state index contributed by atoms with van der Waals surface area (Å²) in [6, 6.07) is 11.2. The van der Waals surface area contributed by atoms with Crippen molar-refractivity contribution < 1.29 is 12.4 Å². The monoisotopic (exact) mass is 474 g/mol. The number of rotatable bonds is 15. The fourth-order valence-electron chi connectivity index (χ4n) is 3.74. The zero-order valence-electron chi connectivity index (χ0n) is 16.8. The van der Waals surface area contributed by atoms with Crippen molar-refractivity contribution in [1.82, 2.24) is 0 Å². The minimum atomic E-state index is 0. The van der Waals surface area contributed by atoms with E-state index in [2.05, 4.69) is 44.2 Å². The number of halogens is 1. The zero-order chi connectivity index (χ0) is 17.5. The predicted octanol–water partition coefficient (Wildman–Crippen LogP) is 3.72. The Morgan fingerprint density at radius 3 is 1.84 bits per heavy atom. The summed E-state index contributed by atoms with van der Waals surface area (Å²) < 4.78 is 1.04. The first-order valence-corrected chi connectivity index (χ1v) is 13.0. The van der Waals surface area contributed by atoms with E-state index < -0.39 is 0 Å². The summed E-state index contributed by atoms with van der Waals surface area (Å²) in [6.07, 6.45) is 18.7. The van der Waals surface area contributed by atoms with Crippen LogP contribution in [0.2, 0.25) is 3.86 Å². The number of hydrogen-bond donors (Lipinski definition) is 0. The van der Waals surface area contributed by atoms with Crippen molar-refractivity contribution in [3.05, 3.63) is 35.9 Å². The molecular weight excluding hydrogens is 433 g/mol. The van der Waals surface area contributed by atoms with Crippen molar-refractivity contribution in [2.24, 2.45) is 5.92 Å². The molecule has 0 radical (unpaired) electrons. The van der Waals surface area contributed by atoms with E-state index in [4.69, 9.17) is 0 Å². The minimum absolute atomic E-state index is 0. The summed E-state index contributed by atoms with van der Waals surface area (Å²) in [7, 11) is 0. The fraction of sp³-hybridized carbons (Fsp3) is 0.739. The molecule has 2 heteroatoms. The van der Waals surface area contributed by atoms with Crippen molar-refractivity contribution in [1.29, 1.82) is 0 Å². The second kappa shape index (κ2) is 17.7. The topological polar surface area (TPSA) is 0 Å². The van der Waals surface area contributed by atoms with Gasteiger partial charge in [-0.2, -0.15) is 0 Å². The molecule has 0 aliphatic rings. The van der Waals surface area contributed by atoms with Crippen LogP contribution in [0.3, 0.4) is 0 Å². The van der Waals surface area contributed by atoms with Gasteiger partial charge in [-0.1, -0.05) is 0 Å². The predicted molar refractivity (Wildman–Crippen MR) is 114 cm³/mol. The molecule has 0 saturated carbocycles. The van der Waals surface area contributed by atoms with E-state index in [0.29, 0.717) is 0 Å². The maximum atomic E-state index is 2.36. The summed E-state index contributed by atoms with van der Waals surface area (Å²) in [4.78, 5) is 0. The average molecular weight is 476 g/mol. The van der Waals surface area contributed by atoms with Gasteiger partial charge < -0.3 is 12.4 Å². The molecule has 25 heavy (non-hydrogen) atoms. The summed E-state index contributed by atoms with van der Waals surface area (Å²) in [6.45, 7) is 4.66. The van der Waals surface area contributed by atoms with Gasteiger partial charge in [-0.05, 0) is 0 Å². The molecule has 2 atom stereocenters. The summed E-state index contributed by atoms with van der Waals surface area (Å²) in [5, 5.41) is 0. The van der Waals surface area contributed by atoms with Gasteiger partial charge in [0.1, 0.15) is 0 Å². The van der Waals surface area contributed by atoms with Crippen molar-refractivity contribution in [2.75, 3.05) is 0 Å². The number of hydrogen-bond acceptors (Lipinski definition) is 0. The number of unbranched alkanes of at least 4 members (excludes halogenated alkanes) is 8. The van der Waals surface area contributed by atoms with Crippen LogP contribution in [0.5, 0.6) is 0 Å². The normalized spacial score (nSPS) is 13.4. The quantitative estimate of drug-likeness (QED) is 0.268. The molecule has 0 nitrogen and oxygen atoms in total. The van der Waals surface area contributed by atoms with E-state index in [0.717, 1.165) is 32.8 Å². The molecule has 0 aliphatic carbocycles. The largest absolute Gasteiger partial charge is 1.00 e. The zero-order valence-corrected chi connectivity index (χ0v) is 21.6. The second-order valence-corrected chi connectivity index (χ2v) is 10.6. The van der Waals surface area contributed by atoms with Gasteiger partial charge in [-0.15, -0.1) is 0 Å². The third kappa shape index (κ3) is 13.2. The van der Waals surface area contributed by atoms with Crippen molar-refractivity contribution in [3.63, 3.8) is 0 Å². The maximum Gasteiger partial charge on any atom is -1.00 e. The van der Waals surface area contributed by atoms with Crippen LogP contribution >= 0.6 is 0 Å². The van der Waals surface area contributed by atoms with Crippen LogP contribution in [-0.4, -0.2) is 23.0 Å². The second-order valence-electron chi connectivity index (χ2n) is 7.62. The van der Waals surface area contributed by atoms with Crippen LogP contribution in [-0.2, 0) is 6.42 Å². The Bertz CT molecular complexity index is 379. The summed E-state index contributed by atoms with van der Waals surface area (Å²) >= 11 is 1.12. The van der Waals surface area contributed by atoms with E-state index in [-0.39, 0.29) is 12.4 Å². The van der Waals surface area contributed by atoms with Gasteiger partial charge in [0.25, 0.3) is 0 Å². The molecule has 0 bridgehead atoms. The molecule has 0 heterocycles. The van der Waals surface area contributed by atoms with Gasteiger partial charge in [0, 0.05) is 0 Å². The Hall–Kier alpha value is 0.328. The Balaban J connectivity index is 0.00000576. The van der Waals surface area contributed by atoms with Crippen LogP contribution in [0.4, 0.5) is 0 Å². The molecule has 0 spiro atoms. The van der Waals surface area contributed by atoms with Crippen LogP contribution < -0.4 is 12.4 Å². The van der Waals surface area contributed by atoms with Crippen LogP contribution in [0.15, 0.2) is 30.3 Å². The first kappa shape index (κ1) is 25.3. The molecule has 1 aromatic carbocycles. The van der Waals surface area contributed by atoms with Gasteiger partial charge in [-0.25, -0.2) is 0 Å². The molecule has 0 N–H and O–H groups in total. The van der Waals surface area contributed by atoms with E-state index in [1.807, 2.05) is 0 Å². The number of benzene rings is 1. The van der Waals surface area contributed by atoms with Gasteiger partial charge in [0.05, 0.1) is 0 Å². The van der Waals surface area contributed by atoms with E-state index in [1.165, 1.54) is 83.5 Å². The third-order valence-electron chi connectivity index (χ3n) is 5.35. The molecular formula is C23H42ClSb. The molecule has 2 unspecified atom stereocenters. The average Bonchev–Trinajstić information content (AvgIpc) is 2.60. The molecule has 1 aromatic rings. The molecule has 146 valence electrons. The van der Waals surface area contributed by atoms with Crippen molar-refractivity contribution in [2.45, 2.75) is 101 Å². The van der Waals surface area contributed by atoms with Crippen molar-refractivity contribution in [3.8, 4) is 0 Å². The van der Waals surface area contributed by atoms with Crippen LogP contribution in [0.25, 0.3) is 0 Å². The Morgan fingerprint density at radius 1 is 0.720 bits per heavy atom. The van der Waals surface area contributed by atoms with Crippen LogP contribution in [0.1, 0.15) is 96.5 Å². The Morgan fingerprint density at radius 2 is 1.28 bits per heavy atom. The van der Waals surface area contributed by atoms with E-state index in [1.54, 1.807) is 5.56 Å². The van der Waals surface area contributed by atoms with E-state index >= 15 is 0 Å². The maximum absolute atomic E-state index is 2.36. The molecule has 1 rings (SSSR count). The van der Waals surface area contributed by atoms with Gasteiger partial charge in [-0.3, -0.25) is 0 Å². The molecule has 0 saturated heterocycles. The standard InChI is InChI=1S/C23H39.ClH.Sb.3H/c1-3-5-6-7-8-9-10-11-12-14-18-22(17-4-2)21-23-19-15-13-16-20-23;;;;;/h13,15-16,18-20,22H,3-12,14,17,21H2,1-2H3;1H;;;;/q;;+1;;;/p-1. The van der Waals surface area contributed by atoms with Crippen molar-refractivity contribution >= 4 is 23.0 Å². The Labute approximate surface area is 177 Å². The fourth-order valence-corrected chi connectivity index (χ4v) is 5.72. The molecule has 0 aromatic heterocycles. The van der Waals surface area contributed by atoms with Crippen LogP contribution in [0, 0.1) is 5.92 Å². The summed E-state index contributed by atoms with van der Waals surface area (Å²) in [5.74, 6) is 0.943. The summed E-state index contributed by atoms with van der Waals surface area (Å²) in [5.41, 5.74) is 1.55. The molecule has 0 amide bonds. The van der Waals surface area contributed by atoms with Gasteiger partial charge >= 0.3 is 166 Å². The molecule has 0 fully saturated rings. The van der Waals surface area contributed by atoms with Gasteiger partial charge in [0.2, 0.25) is 0 Å². The first-order valence-electron chi connectivity index (χ1n) is 10.6. The van der Waals surface area contributed by atoms with E-state index in [9.17, 15) is 0 Å². The minimum Gasteiger partial charge on any atom is -1.00 e. The Kier molecular flexibility index (Phi) is 18.0. The third-order valence-corrected chi connectivity index (χ3v) is 8.41. The van der Waals surface area contributed by atoms with Gasteiger partial charge in [0.15, 0.2) is 0 Å². The SMILES string of the molecule is CCCCCCCCCCC[CH]([SbH3+])C(CCC)Cc1ccccc1.[Cl-]. The molecule has 0 aliphatic heterocycles. The first-order chi connectivity index (χ1) is 11.8.